The second kappa shape index (κ2) is 4.99. The summed E-state index contributed by atoms with van der Waals surface area (Å²) in [6, 6.07) is 0. The van der Waals surface area contributed by atoms with E-state index in [0.717, 1.165) is 0 Å². The molecule has 1 N–H and O–H groups in total. The van der Waals surface area contributed by atoms with E-state index in [2.05, 4.69) is 37.8 Å². The molecular formula is C16H26OS2. The van der Waals surface area contributed by atoms with Crippen LogP contribution in [0, 0.1) is 0 Å². The Labute approximate surface area is 126 Å². The Morgan fingerprint density at radius 3 is 2.42 bits per heavy atom. The van der Waals surface area contributed by atoms with E-state index in [0.29, 0.717) is 10.00 Å². The van der Waals surface area contributed by atoms with Crippen molar-refractivity contribution in [2.45, 2.75) is 84.9 Å². The molecule has 2 saturated heterocycles. The van der Waals surface area contributed by atoms with E-state index >= 15 is 0 Å². The quantitative estimate of drug-likeness (QED) is 0.397. The van der Waals surface area contributed by atoms with Crippen molar-refractivity contribution in [2.75, 3.05) is 0 Å². The molecule has 2 aliphatic heterocycles. The molecule has 0 bridgehead atoms. The average molecular weight is 299 g/mol. The normalized spacial score (nSPS) is 45.7. The van der Waals surface area contributed by atoms with Gasteiger partial charge < -0.3 is 5.11 Å². The molecular weight excluding hydrogens is 272 g/mol. The number of unbranched alkanes of at least 4 members (excludes halogenated alkanes) is 4. The molecule has 0 saturated carbocycles. The zero-order valence-electron chi connectivity index (χ0n) is 12.2. The van der Waals surface area contributed by atoms with Crippen LogP contribution in [-0.2, 0) is 0 Å². The molecule has 19 heavy (non-hydrogen) atoms. The minimum absolute atomic E-state index is 0.160. The average Bonchev–Trinajstić information content (AvgIpc) is 3.24. The van der Waals surface area contributed by atoms with Crippen LogP contribution in [0.25, 0.3) is 0 Å². The SMILES string of the molecule is CCCCCC12SC1C=CC1(O)SC12CCCCC. The van der Waals surface area contributed by atoms with Crippen molar-refractivity contribution in [1.82, 2.24) is 0 Å². The van der Waals surface area contributed by atoms with Gasteiger partial charge in [0.1, 0.15) is 4.93 Å². The summed E-state index contributed by atoms with van der Waals surface area (Å²) in [6.07, 6.45) is 14.7. The summed E-state index contributed by atoms with van der Waals surface area (Å²) in [5, 5.41) is 11.5. The fourth-order valence-corrected chi connectivity index (χ4v) is 7.52. The molecule has 4 unspecified atom stereocenters. The maximum Gasteiger partial charge on any atom is 0.146 e. The fourth-order valence-electron chi connectivity index (χ4n) is 3.83. The second-order valence-corrected chi connectivity index (χ2v) is 9.32. The van der Waals surface area contributed by atoms with Gasteiger partial charge in [-0.3, -0.25) is 0 Å². The molecule has 3 aliphatic rings. The fraction of sp³-hybridized carbons (Fsp3) is 0.875. The molecule has 0 aromatic heterocycles. The van der Waals surface area contributed by atoms with Crippen molar-refractivity contribution in [3.63, 3.8) is 0 Å². The van der Waals surface area contributed by atoms with Crippen molar-refractivity contribution >= 4 is 23.5 Å². The van der Waals surface area contributed by atoms with Crippen LogP contribution in [0.5, 0.6) is 0 Å². The van der Waals surface area contributed by atoms with Gasteiger partial charge in [-0.25, -0.2) is 0 Å². The third kappa shape index (κ3) is 2.03. The lowest BCUT2D eigenvalue weighted by molar-refractivity contribution is 0.156. The van der Waals surface area contributed by atoms with Gasteiger partial charge in [0.2, 0.25) is 0 Å². The van der Waals surface area contributed by atoms with Crippen LogP contribution in [0.3, 0.4) is 0 Å². The van der Waals surface area contributed by atoms with Gasteiger partial charge >= 0.3 is 0 Å². The van der Waals surface area contributed by atoms with Crippen molar-refractivity contribution in [2.24, 2.45) is 0 Å². The molecule has 0 radical (unpaired) electrons. The number of hydrogen-bond acceptors (Lipinski definition) is 3. The van der Waals surface area contributed by atoms with Gasteiger partial charge in [0.15, 0.2) is 0 Å². The smallest absolute Gasteiger partial charge is 0.146 e. The summed E-state index contributed by atoms with van der Waals surface area (Å²) in [4.78, 5) is -0.521. The van der Waals surface area contributed by atoms with Crippen LogP contribution in [-0.4, -0.2) is 24.8 Å². The number of hydrogen-bond donors (Lipinski definition) is 1. The van der Waals surface area contributed by atoms with Crippen molar-refractivity contribution < 1.29 is 5.11 Å². The largest absolute Gasteiger partial charge is 0.374 e. The monoisotopic (exact) mass is 298 g/mol. The van der Waals surface area contributed by atoms with Crippen LogP contribution in [0.15, 0.2) is 12.2 Å². The van der Waals surface area contributed by atoms with E-state index in [4.69, 9.17) is 0 Å². The van der Waals surface area contributed by atoms with Crippen molar-refractivity contribution in [1.29, 1.82) is 0 Å². The Morgan fingerprint density at radius 1 is 1.05 bits per heavy atom. The molecule has 4 atom stereocenters. The van der Waals surface area contributed by atoms with Gasteiger partial charge in [-0.1, -0.05) is 58.4 Å². The summed E-state index contributed by atoms with van der Waals surface area (Å²) in [5.74, 6) is 0. The first-order chi connectivity index (χ1) is 9.14. The maximum absolute atomic E-state index is 10.8. The highest BCUT2D eigenvalue weighted by Gasteiger charge is 2.84. The Balaban J connectivity index is 1.71. The molecule has 1 nitrogen and oxygen atoms in total. The van der Waals surface area contributed by atoms with Crippen molar-refractivity contribution in [3.8, 4) is 0 Å². The van der Waals surface area contributed by atoms with Gasteiger partial charge in [0.25, 0.3) is 0 Å². The van der Waals surface area contributed by atoms with Gasteiger partial charge in [-0.15, -0.1) is 23.5 Å². The lowest BCUT2D eigenvalue weighted by atomic mass is 9.75. The number of rotatable bonds is 8. The molecule has 0 spiro atoms. The minimum atomic E-state index is -0.521. The van der Waals surface area contributed by atoms with E-state index in [1.165, 1.54) is 51.4 Å². The van der Waals surface area contributed by atoms with Crippen LogP contribution in [0.2, 0.25) is 0 Å². The van der Waals surface area contributed by atoms with E-state index in [-0.39, 0.29) is 4.75 Å². The molecule has 2 heterocycles. The van der Waals surface area contributed by atoms with Gasteiger partial charge in [-0.2, -0.15) is 0 Å². The minimum Gasteiger partial charge on any atom is -0.374 e. The first-order valence-electron chi connectivity index (χ1n) is 7.94. The lowest BCUT2D eigenvalue weighted by Crippen LogP contribution is -2.43. The van der Waals surface area contributed by atoms with Crippen LogP contribution in [0.4, 0.5) is 0 Å². The number of aliphatic hydroxyl groups is 1. The van der Waals surface area contributed by atoms with Crippen molar-refractivity contribution in [3.05, 3.63) is 12.2 Å². The zero-order chi connectivity index (χ0) is 13.6. The highest BCUT2D eigenvalue weighted by atomic mass is 32.2. The Kier molecular flexibility index (Phi) is 3.77. The standard InChI is InChI=1S/C16H26OS2/c1-3-5-7-10-14-13(18-14)9-12-16(17)15(14,19-16)11-8-6-4-2/h9,12-13,17H,3-8,10-11H2,1-2H3. The van der Waals surface area contributed by atoms with Gasteiger partial charge in [0.05, 0.1) is 9.49 Å². The topological polar surface area (TPSA) is 20.2 Å². The molecule has 1 aliphatic carbocycles. The van der Waals surface area contributed by atoms with E-state index in [1.807, 2.05) is 11.8 Å². The Bertz CT molecular complexity index is 383. The van der Waals surface area contributed by atoms with Crippen LogP contribution < -0.4 is 0 Å². The summed E-state index contributed by atoms with van der Waals surface area (Å²) >= 11 is 3.99. The molecule has 0 aromatic rings. The third-order valence-electron chi connectivity index (χ3n) is 5.07. The predicted octanol–water partition coefficient (Wildman–Crippen LogP) is 4.75. The van der Waals surface area contributed by atoms with E-state index in [1.54, 1.807) is 0 Å². The molecule has 3 heteroatoms. The first-order valence-corrected chi connectivity index (χ1v) is 9.63. The number of fused-ring (bicyclic) bond motifs is 3. The van der Waals surface area contributed by atoms with Crippen LogP contribution in [0.1, 0.15) is 65.2 Å². The second-order valence-electron chi connectivity index (χ2n) is 6.33. The Hall–Kier alpha value is 0.400. The highest BCUT2D eigenvalue weighted by molar-refractivity contribution is 8.15. The zero-order valence-corrected chi connectivity index (χ0v) is 13.8. The van der Waals surface area contributed by atoms with Gasteiger partial charge in [0, 0.05) is 5.25 Å². The van der Waals surface area contributed by atoms with E-state index in [9.17, 15) is 5.11 Å². The molecule has 2 fully saturated rings. The maximum atomic E-state index is 10.8. The summed E-state index contributed by atoms with van der Waals surface area (Å²) in [7, 11) is 0. The Morgan fingerprint density at radius 2 is 1.74 bits per heavy atom. The third-order valence-corrected chi connectivity index (χ3v) is 8.81. The number of thioether (sulfide) groups is 2. The predicted molar refractivity (Wildman–Crippen MR) is 86.8 cm³/mol. The summed E-state index contributed by atoms with van der Waals surface area (Å²) < 4.78 is 0.539. The summed E-state index contributed by atoms with van der Waals surface area (Å²) in [6.45, 7) is 4.53. The molecule has 108 valence electrons. The molecule has 0 amide bonds. The lowest BCUT2D eigenvalue weighted by Gasteiger charge is -2.30. The van der Waals surface area contributed by atoms with Crippen LogP contribution >= 0.6 is 23.5 Å². The molecule has 3 rings (SSSR count). The summed E-state index contributed by atoms with van der Waals surface area (Å²) in [5.41, 5.74) is 0. The highest BCUT2D eigenvalue weighted by Crippen LogP contribution is 2.84. The molecule has 0 aromatic carbocycles. The van der Waals surface area contributed by atoms with Gasteiger partial charge in [-0.05, 0) is 18.9 Å². The first kappa shape index (κ1) is 14.3. The van der Waals surface area contributed by atoms with E-state index < -0.39 is 4.93 Å².